The lowest BCUT2D eigenvalue weighted by molar-refractivity contribution is 0.0562. The van der Waals surface area contributed by atoms with Crippen LogP contribution in [0.5, 0.6) is 0 Å². The molecule has 0 saturated heterocycles. The zero-order valence-electron chi connectivity index (χ0n) is 18.2. The molecular formula is C24H23Cl2FN2O3. The molecule has 0 spiro atoms. The lowest BCUT2D eigenvalue weighted by Crippen LogP contribution is -2.16. The first-order chi connectivity index (χ1) is 15.3. The van der Waals surface area contributed by atoms with Crippen molar-refractivity contribution >= 4 is 39.8 Å². The number of rotatable bonds is 8. The maximum Gasteiger partial charge on any atom is 0.150 e. The monoisotopic (exact) mass is 476 g/mol. The van der Waals surface area contributed by atoms with Crippen LogP contribution in [0, 0.1) is 5.82 Å². The molecule has 1 atom stereocenters. The van der Waals surface area contributed by atoms with Gasteiger partial charge >= 0.3 is 0 Å². The fourth-order valence-electron chi connectivity index (χ4n) is 3.34. The highest BCUT2D eigenvalue weighted by molar-refractivity contribution is 6.36. The van der Waals surface area contributed by atoms with Gasteiger partial charge in [0.15, 0.2) is 6.10 Å². The Morgan fingerprint density at radius 1 is 1.22 bits per heavy atom. The van der Waals surface area contributed by atoms with Gasteiger partial charge in [-0.15, -0.1) is 0 Å². The molecule has 0 fully saturated rings. The van der Waals surface area contributed by atoms with Gasteiger partial charge in [-0.25, -0.2) is 4.39 Å². The third-order valence-electron chi connectivity index (χ3n) is 4.94. The van der Waals surface area contributed by atoms with Gasteiger partial charge in [-0.05, 0) is 44.2 Å². The second-order valence-corrected chi connectivity index (χ2v) is 7.67. The molecule has 168 valence electrons. The molecule has 0 N–H and O–H groups in total. The SMILES string of the molecule is C=C/C=C(OC)\C(=C(/C)OC)c1cnc2ccn(OC(C)c3c(Cl)ccc(F)c3Cl)c2c1. The maximum absolute atomic E-state index is 14.0. The molecule has 5 nitrogen and oxygen atoms in total. The van der Waals surface area contributed by atoms with Crippen LogP contribution in [0.2, 0.25) is 10.0 Å². The second kappa shape index (κ2) is 10.1. The number of ether oxygens (including phenoxy) is 2. The van der Waals surface area contributed by atoms with Crippen LogP contribution >= 0.6 is 23.2 Å². The van der Waals surface area contributed by atoms with E-state index in [1.54, 1.807) is 50.4 Å². The maximum atomic E-state index is 14.0. The first-order valence-corrected chi connectivity index (χ1v) is 10.5. The number of hydrogen-bond acceptors (Lipinski definition) is 4. The molecule has 0 saturated carbocycles. The first kappa shape index (κ1) is 23.7. The predicted molar refractivity (Wildman–Crippen MR) is 126 cm³/mol. The van der Waals surface area contributed by atoms with Crippen molar-refractivity contribution in [2.75, 3.05) is 14.2 Å². The van der Waals surface area contributed by atoms with Crippen molar-refractivity contribution in [2.45, 2.75) is 20.0 Å². The average Bonchev–Trinajstić information content (AvgIpc) is 3.18. The molecule has 2 heterocycles. The quantitative estimate of drug-likeness (QED) is 0.204. The molecule has 3 rings (SSSR count). The van der Waals surface area contributed by atoms with Crippen molar-refractivity contribution in [1.82, 2.24) is 9.71 Å². The summed E-state index contributed by atoms with van der Waals surface area (Å²) in [5.41, 5.74) is 3.24. The minimum Gasteiger partial charge on any atom is -0.501 e. The average molecular weight is 477 g/mol. The zero-order chi connectivity index (χ0) is 23.4. The Balaban J connectivity index is 2.07. The summed E-state index contributed by atoms with van der Waals surface area (Å²) >= 11 is 12.4. The third kappa shape index (κ3) is 4.61. The highest BCUT2D eigenvalue weighted by atomic mass is 35.5. The van der Waals surface area contributed by atoms with Gasteiger partial charge in [-0.2, -0.15) is 4.73 Å². The number of pyridine rings is 1. The van der Waals surface area contributed by atoms with E-state index in [9.17, 15) is 4.39 Å². The number of nitrogens with zero attached hydrogens (tertiary/aromatic N) is 2. The minimum atomic E-state index is -0.629. The number of fused-ring (bicyclic) bond motifs is 1. The van der Waals surface area contributed by atoms with E-state index in [0.717, 1.165) is 11.1 Å². The molecule has 1 unspecified atom stereocenters. The summed E-state index contributed by atoms with van der Waals surface area (Å²) in [7, 11) is 3.16. The lowest BCUT2D eigenvalue weighted by Gasteiger charge is -2.19. The largest absolute Gasteiger partial charge is 0.501 e. The molecule has 0 aliphatic carbocycles. The van der Waals surface area contributed by atoms with Crippen molar-refractivity contribution in [2.24, 2.45) is 0 Å². The van der Waals surface area contributed by atoms with Gasteiger partial charge in [-0.1, -0.05) is 35.9 Å². The Labute approximate surface area is 196 Å². The van der Waals surface area contributed by atoms with Crippen molar-refractivity contribution in [1.29, 1.82) is 0 Å². The van der Waals surface area contributed by atoms with Gasteiger partial charge in [0.2, 0.25) is 0 Å². The number of halogens is 3. The third-order valence-corrected chi connectivity index (χ3v) is 5.66. The summed E-state index contributed by atoms with van der Waals surface area (Å²) in [6.07, 6.45) is 6.20. The Kier molecular flexibility index (Phi) is 7.48. The van der Waals surface area contributed by atoms with Gasteiger partial charge in [0.05, 0.1) is 30.3 Å². The van der Waals surface area contributed by atoms with Gasteiger partial charge in [0, 0.05) is 28.5 Å². The van der Waals surface area contributed by atoms with Gasteiger partial charge in [-0.3, -0.25) is 4.98 Å². The minimum absolute atomic E-state index is 0.0690. The summed E-state index contributed by atoms with van der Waals surface area (Å²) in [4.78, 5) is 10.6. The van der Waals surface area contributed by atoms with Crippen molar-refractivity contribution in [3.05, 3.63) is 93.9 Å². The van der Waals surface area contributed by atoms with Crippen LogP contribution in [0.15, 0.2) is 66.9 Å². The van der Waals surface area contributed by atoms with Crippen LogP contribution < -0.4 is 4.84 Å². The van der Waals surface area contributed by atoms with Crippen molar-refractivity contribution in [3.8, 4) is 0 Å². The summed E-state index contributed by atoms with van der Waals surface area (Å²) < 4.78 is 26.5. The molecule has 1 aromatic carbocycles. The summed E-state index contributed by atoms with van der Waals surface area (Å²) in [6, 6.07) is 6.38. The molecule has 3 aromatic rings. The summed E-state index contributed by atoms with van der Waals surface area (Å²) in [6.45, 7) is 7.32. The Morgan fingerprint density at radius 2 is 1.97 bits per heavy atom. The zero-order valence-corrected chi connectivity index (χ0v) is 19.7. The lowest BCUT2D eigenvalue weighted by atomic mass is 10.0. The fourth-order valence-corrected chi connectivity index (χ4v) is 4.01. The number of benzene rings is 1. The highest BCUT2D eigenvalue weighted by Gasteiger charge is 2.21. The molecule has 2 aromatic heterocycles. The van der Waals surface area contributed by atoms with E-state index >= 15 is 0 Å². The number of aromatic nitrogens is 2. The van der Waals surface area contributed by atoms with E-state index in [1.165, 1.54) is 12.1 Å². The molecule has 0 radical (unpaired) electrons. The number of hydrogen-bond donors (Lipinski definition) is 0. The summed E-state index contributed by atoms with van der Waals surface area (Å²) in [5.74, 6) is 0.659. The second-order valence-electron chi connectivity index (χ2n) is 6.88. The van der Waals surface area contributed by atoms with Crippen LogP contribution in [0.4, 0.5) is 4.39 Å². The smallest absolute Gasteiger partial charge is 0.150 e. The van der Waals surface area contributed by atoms with Gasteiger partial charge in [0.1, 0.15) is 22.9 Å². The van der Waals surface area contributed by atoms with E-state index in [1.807, 2.05) is 19.1 Å². The Hall–Kier alpha value is -2.96. The fraction of sp³-hybridized carbons (Fsp3) is 0.208. The van der Waals surface area contributed by atoms with Crippen LogP contribution in [0.25, 0.3) is 16.6 Å². The van der Waals surface area contributed by atoms with Crippen molar-refractivity contribution < 1.29 is 18.7 Å². The van der Waals surface area contributed by atoms with Gasteiger partial charge in [0.25, 0.3) is 0 Å². The molecule has 8 heteroatoms. The van der Waals surface area contributed by atoms with E-state index < -0.39 is 11.9 Å². The normalized spacial score (nSPS) is 13.5. The number of allylic oxidation sites excluding steroid dienone is 4. The van der Waals surface area contributed by atoms with Crippen molar-refractivity contribution in [3.63, 3.8) is 0 Å². The standard InChI is InChI=1S/C24H23Cl2FN2O3/c1-6-7-21(31-5)22(14(2)30-4)16-12-20-19(28-13-16)10-11-29(20)32-15(3)23-17(25)8-9-18(27)24(23)26/h6-13,15H,1H2,2-5H3/b21-7+,22-14+. The molecule has 32 heavy (non-hydrogen) atoms. The van der Waals surface area contributed by atoms with E-state index in [4.69, 9.17) is 37.5 Å². The Morgan fingerprint density at radius 3 is 2.62 bits per heavy atom. The molecular weight excluding hydrogens is 454 g/mol. The van der Waals surface area contributed by atoms with E-state index in [2.05, 4.69) is 11.6 Å². The van der Waals surface area contributed by atoms with E-state index in [0.29, 0.717) is 33.1 Å². The molecule has 0 aliphatic heterocycles. The first-order valence-electron chi connectivity index (χ1n) is 9.72. The number of methoxy groups -OCH3 is 2. The van der Waals surface area contributed by atoms with Crippen LogP contribution in [-0.2, 0) is 9.47 Å². The van der Waals surface area contributed by atoms with Crippen LogP contribution in [0.1, 0.15) is 31.1 Å². The van der Waals surface area contributed by atoms with Crippen LogP contribution in [-0.4, -0.2) is 23.9 Å². The van der Waals surface area contributed by atoms with E-state index in [-0.39, 0.29) is 5.02 Å². The molecule has 0 aliphatic rings. The molecule has 0 amide bonds. The van der Waals surface area contributed by atoms with Crippen LogP contribution in [0.3, 0.4) is 0 Å². The molecule has 0 bridgehead atoms. The Bertz CT molecular complexity index is 1220. The summed E-state index contributed by atoms with van der Waals surface area (Å²) in [5, 5.41) is 0.250. The topological polar surface area (TPSA) is 45.5 Å². The highest BCUT2D eigenvalue weighted by Crippen LogP contribution is 2.34. The predicted octanol–water partition coefficient (Wildman–Crippen LogP) is 6.77. The van der Waals surface area contributed by atoms with Gasteiger partial charge < -0.3 is 14.3 Å².